The zero-order valence-electron chi connectivity index (χ0n) is 14.8. The van der Waals surface area contributed by atoms with Crippen molar-refractivity contribution in [1.82, 2.24) is 4.57 Å². The van der Waals surface area contributed by atoms with Crippen molar-refractivity contribution >= 4 is 16.9 Å². The lowest BCUT2D eigenvalue weighted by Gasteiger charge is -2.12. The summed E-state index contributed by atoms with van der Waals surface area (Å²) in [5.41, 5.74) is 2.50. The summed E-state index contributed by atoms with van der Waals surface area (Å²) in [6.07, 6.45) is -2.11. The first-order valence-electron chi connectivity index (χ1n) is 8.23. The molecule has 27 heavy (non-hydrogen) atoms. The minimum Gasteiger partial charge on any atom is -0.496 e. The molecule has 0 aliphatic carbocycles. The monoisotopic (exact) mass is 377 g/mol. The van der Waals surface area contributed by atoms with Crippen LogP contribution in [0.25, 0.3) is 10.9 Å². The molecule has 0 fully saturated rings. The highest BCUT2D eigenvalue weighted by atomic mass is 19.4. The van der Waals surface area contributed by atoms with Crippen LogP contribution in [-0.2, 0) is 18.2 Å². The first-order valence-corrected chi connectivity index (χ1v) is 8.23. The minimum atomic E-state index is -4.59. The number of ether oxygens (including phenoxy) is 2. The molecule has 3 rings (SSSR count). The van der Waals surface area contributed by atoms with Crippen LogP contribution in [0.4, 0.5) is 13.2 Å². The van der Waals surface area contributed by atoms with Gasteiger partial charge in [0, 0.05) is 18.6 Å². The summed E-state index contributed by atoms with van der Waals surface area (Å²) in [7, 11) is 3.09. The van der Waals surface area contributed by atoms with Crippen molar-refractivity contribution in [1.29, 1.82) is 0 Å². The Balaban J connectivity index is 2.05. The van der Waals surface area contributed by atoms with E-state index in [2.05, 4.69) is 4.74 Å². The van der Waals surface area contributed by atoms with E-state index < -0.39 is 18.8 Å². The van der Waals surface area contributed by atoms with E-state index in [-0.39, 0.29) is 11.3 Å². The first-order chi connectivity index (χ1) is 12.8. The van der Waals surface area contributed by atoms with Crippen LogP contribution in [0.3, 0.4) is 0 Å². The second-order valence-electron chi connectivity index (χ2n) is 6.16. The van der Waals surface area contributed by atoms with Crippen LogP contribution < -0.4 is 4.74 Å². The van der Waals surface area contributed by atoms with Gasteiger partial charge in [-0.1, -0.05) is 30.3 Å². The number of halogens is 3. The van der Waals surface area contributed by atoms with Crippen molar-refractivity contribution in [2.45, 2.75) is 12.6 Å². The SMILES string of the molecule is COc1ccc2c(Cc3ccccc3)cn(C)c2c1C(=O)OCC(F)(F)F. The van der Waals surface area contributed by atoms with Gasteiger partial charge in [0.05, 0.1) is 12.6 Å². The molecule has 0 N–H and O–H groups in total. The third-order valence-electron chi connectivity index (χ3n) is 4.22. The second kappa shape index (κ2) is 7.34. The molecule has 0 bridgehead atoms. The van der Waals surface area contributed by atoms with Gasteiger partial charge in [-0.15, -0.1) is 0 Å². The van der Waals surface area contributed by atoms with Crippen LogP contribution in [0.15, 0.2) is 48.7 Å². The fraction of sp³-hybridized carbons (Fsp3) is 0.250. The Morgan fingerprint density at radius 3 is 2.44 bits per heavy atom. The van der Waals surface area contributed by atoms with E-state index in [0.717, 1.165) is 16.5 Å². The molecular formula is C20H18F3NO3. The highest BCUT2D eigenvalue weighted by Gasteiger charge is 2.31. The molecule has 0 aliphatic rings. The van der Waals surface area contributed by atoms with Crippen LogP contribution in [0.2, 0.25) is 0 Å². The van der Waals surface area contributed by atoms with Crippen LogP contribution in [0, 0.1) is 0 Å². The van der Waals surface area contributed by atoms with Gasteiger partial charge < -0.3 is 14.0 Å². The number of carbonyl (C=O) groups is 1. The van der Waals surface area contributed by atoms with Crippen molar-refractivity contribution in [3.8, 4) is 5.75 Å². The number of hydrogen-bond donors (Lipinski definition) is 0. The maximum atomic E-state index is 12.4. The molecule has 142 valence electrons. The molecule has 1 aromatic heterocycles. The zero-order chi connectivity index (χ0) is 19.6. The fourth-order valence-corrected chi connectivity index (χ4v) is 3.11. The quantitative estimate of drug-likeness (QED) is 0.615. The second-order valence-corrected chi connectivity index (χ2v) is 6.16. The molecule has 7 heteroatoms. The molecule has 3 aromatic rings. The summed E-state index contributed by atoms with van der Waals surface area (Å²) in [6.45, 7) is -1.65. The Morgan fingerprint density at radius 1 is 1.11 bits per heavy atom. The number of rotatable bonds is 5. The molecule has 2 aromatic carbocycles. The summed E-state index contributed by atoms with van der Waals surface area (Å²) in [5, 5.41) is 0.765. The van der Waals surface area contributed by atoms with E-state index >= 15 is 0 Å². The lowest BCUT2D eigenvalue weighted by molar-refractivity contribution is -0.161. The molecule has 0 saturated carbocycles. The molecule has 0 saturated heterocycles. The summed E-state index contributed by atoms with van der Waals surface area (Å²) in [4.78, 5) is 12.4. The van der Waals surface area contributed by atoms with Crippen molar-refractivity contribution < 1.29 is 27.4 Å². The van der Waals surface area contributed by atoms with Gasteiger partial charge in [0.15, 0.2) is 6.61 Å². The molecule has 0 amide bonds. The number of fused-ring (bicyclic) bond motifs is 1. The summed E-state index contributed by atoms with van der Waals surface area (Å²) >= 11 is 0. The molecule has 0 spiro atoms. The third kappa shape index (κ3) is 4.07. The summed E-state index contributed by atoms with van der Waals surface area (Å²) in [5.74, 6) is -0.899. The van der Waals surface area contributed by atoms with Crippen molar-refractivity contribution in [3.63, 3.8) is 0 Å². The van der Waals surface area contributed by atoms with E-state index in [4.69, 9.17) is 4.74 Å². The Kier molecular flexibility index (Phi) is 5.12. The highest BCUT2D eigenvalue weighted by Crippen LogP contribution is 2.33. The van der Waals surface area contributed by atoms with Crippen LogP contribution in [0.1, 0.15) is 21.5 Å². The molecule has 4 nitrogen and oxygen atoms in total. The maximum Gasteiger partial charge on any atom is 0.422 e. The van der Waals surface area contributed by atoms with Gasteiger partial charge in [-0.05, 0) is 29.7 Å². The molecule has 0 atom stereocenters. The molecule has 0 radical (unpaired) electrons. The number of aryl methyl sites for hydroxylation is 1. The average molecular weight is 377 g/mol. The maximum absolute atomic E-state index is 12.4. The molecular weight excluding hydrogens is 359 g/mol. The standard InChI is InChI=1S/C20H18F3NO3/c1-24-11-14(10-13-6-4-3-5-7-13)15-8-9-16(26-2)17(18(15)24)19(25)27-12-20(21,22)23/h3-9,11H,10,12H2,1-2H3. The topological polar surface area (TPSA) is 40.5 Å². The summed E-state index contributed by atoms with van der Waals surface area (Å²) in [6, 6.07) is 13.1. The number of aromatic nitrogens is 1. The largest absolute Gasteiger partial charge is 0.496 e. The Hall–Kier alpha value is -2.96. The van der Waals surface area contributed by atoms with E-state index in [9.17, 15) is 18.0 Å². The first kappa shape index (κ1) is 18.8. The number of carbonyl (C=O) groups excluding carboxylic acids is 1. The predicted octanol–water partition coefficient (Wildman–Crippen LogP) is 4.50. The molecule has 1 heterocycles. The van der Waals surface area contributed by atoms with Crippen LogP contribution in [0.5, 0.6) is 5.75 Å². The normalized spacial score (nSPS) is 11.6. The summed E-state index contributed by atoms with van der Waals surface area (Å²) < 4.78 is 48.7. The fourth-order valence-electron chi connectivity index (χ4n) is 3.11. The van der Waals surface area contributed by atoms with Gasteiger partial charge in [-0.2, -0.15) is 13.2 Å². The average Bonchev–Trinajstić information content (AvgIpc) is 2.95. The van der Waals surface area contributed by atoms with Crippen molar-refractivity contribution in [2.24, 2.45) is 7.05 Å². The van der Waals surface area contributed by atoms with Gasteiger partial charge in [-0.3, -0.25) is 0 Å². The highest BCUT2D eigenvalue weighted by molar-refractivity contribution is 6.07. The van der Waals surface area contributed by atoms with E-state index in [0.29, 0.717) is 11.9 Å². The van der Waals surface area contributed by atoms with Crippen LogP contribution >= 0.6 is 0 Å². The number of esters is 1. The lowest BCUT2D eigenvalue weighted by atomic mass is 10.0. The van der Waals surface area contributed by atoms with Gasteiger partial charge in [0.25, 0.3) is 0 Å². The van der Waals surface area contributed by atoms with Gasteiger partial charge in [0.1, 0.15) is 11.3 Å². The third-order valence-corrected chi connectivity index (χ3v) is 4.22. The Labute approximate surface area is 154 Å². The minimum absolute atomic E-state index is 0.0129. The number of benzene rings is 2. The van der Waals surface area contributed by atoms with Crippen molar-refractivity contribution in [2.75, 3.05) is 13.7 Å². The number of alkyl halides is 3. The van der Waals surface area contributed by atoms with Gasteiger partial charge in [-0.25, -0.2) is 4.79 Å². The molecule has 0 unspecified atom stereocenters. The molecule has 0 aliphatic heterocycles. The van der Waals surface area contributed by atoms with Gasteiger partial charge in [0.2, 0.25) is 0 Å². The smallest absolute Gasteiger partial charge is 0.422 e. The van der Waals surface area contributed by atoms with Crippen LogP contribution in [-0.4, -0.2) is 30.4 Å². The zero-order valence-corrected chi connectivity index (χ0v) is 14.8. The lowest BCUT2D eigenvalue weighted by Crippen LogP contribution is -2.21. The van der Waals surface area contributed by atoms with E-state index in [1.165, 1.54) is 7.11 Å². The van der Waals surface area contributed by atoms with E-state index in [1.807, 2.05) is 36.5 Å². The Morgan fingerprint density at radius 2 is 1.81 bits per heavy atom. The van der Waals surface area contributed by atoms with E-state index in [1.54, 1.807) is 23.7 Å². The number of hydrogen-bond acceptors (Lipinski definition) is 3. The predicted molar refractivity (Wildman–Crippen MR) is 95.1 cm³/mol. The number of methoxy groups -OCH3 is 1. The van der Waals surface area contributed by atoms with Gasteiger partial charge >= 0.3 is 12.1 Å². The Bertz CT molecular complexity index is 962. The number of nitrogens with zero attached hydrogens (tertiary/aromatic N) is 1. The van der Waals surface area contributed by atoms with Crippen molar-refractivity contribution in [3.05, 3.63) is 65.4 Å².